The van der Waals surface area contributed by atoms with E-state index >= 15 is 0 Å². The summed E-state index contributed by atoms with van der Waals surface area (Å²) in [7, 11) is 0. The Kier molecular flexibility index (Phi) is 2.34. The maximum atomic E-state index is 13.4. The van der Waals surface area contributed by atoms with Crippen LogP contribution in [0.4, 0.5) is 10.1 Å². The van der Waals surface area contributed by atoms with Crippen molar-refractivity contribution in [2.45, 2.75) is 13.3 Å². The van der Waals surface area contributed by atoms with E-state index in [2.05, 4.69) is 4.98 Å². The topological polar surface area (TPSA) is 52.0 Å². The molecule has 0 spiro atoms. The highest BCUT2D eigenvalue weighted by Crippen LogP contribution is 2.28. The summed E-state index contributed by atoms with van der Waals surface area (Å²) >= 11 is 2.02. The van der Waals surface area contributed by atoms with E-state index in [4.69, 9.17) is 10.2 Å². The van der Waals surface area contributed by atoms with Crippen molar-refractivity contribution in [3.8, 4) is 0 Å². The number of aromatic nitrogens is 1. The number of nitrogens with zero attached hydrogens (tertiary/aromatic N) is 1. The Hall–Kier alpha value is -0.850. The minimum absolute atomic E-state index is 0.264. The molecule has 0 aliphatic heterocycles. The molecule has 0 aliphatic rings. The predicted octanol–water partition coefficient (Wildman–Crippen LogP) is 2.72. The number of anilines is 1. The number of aryl methyl sites for hydroxylation is 1. The lowest BCUT2D eigenvalue weighted by molar-refractivity contribution is 0.536. The molecule has 0 aliphatic carbocycles. The Morgan fingerprint density at radius 3 is 3.00 bits per heavy atom. The monoisotopic (exact) mass is 306 g/mol. The zero-order valence-corrected chi connectivity index (χ0v) is 9.63. The van der Waals surface area contributed by atoms with Crippen LogP contribution in [0.25, 0.3) is 11.1 Å². The van der Waals surface area contributed by atoms with E-state index in [1.165, 1.54) is 6.07 Å². The van der Waals surface area contributed by atoms with Gasteiger partial charge in [0, 0.05) is 12.5 Å². The van der Waals surface area contributed by atoms with Crippen LogP contribution in [-0.4, -0.2) is 4.98 Å². The summed E-state index contributed by atoms with van der Waals surface area (Å²) in [6, 6.07) is 1.27. The summed E-state index contributed by atoms with van der Waals surface area (Å²) in [5, 5.41) is 0. The van der Waals surface area contributed by atoms with Gasteiger partial charge in [-0.15, -0.1) is 0 Å². The highest BCUT2D eigenvalue weighted by molar-refractivity contribution is 14.1. The van der Waals surface area contributed by atoms with Gasteiger partial charge in [-0.05, 0) is 22.6 Å². The fraction of sp³-hybridized carbons (Fsp3) is 0.222. The van der Waals surface area contributed by atoms with Crippen molar-refractivity contribution in [1.29, 1.82) is 0 Å². The van der Waals surface area contributed by atoms with Crippen molar-refractivity contribution in [1.82, 2.24) is 4.98 Å². The molecule has 74 valence electrons. The summed E-state index contributed by atoms with van der Waals surface area (Å²) in [6.45, 7) is 1.90. The molecule has 0 fully saturated rings. The van der Waals surface area contributed by atoms with E-state index in [9.17, 15) is 4.39 Å². The molecule has 0 unspecified atom stereocenters. The van der Waals surface area contributed by atoms with E-state index in [-0.39, 0.29) is 5.52 Å². The maximum absolute atomic E-state index is 13.4. The van der Waals surface area contributed by atoms with Gasteiger partial charge in [0.2, 0.25) is 0 Å². The summed E-state index contributed by atoms with van der Waals surface area (Å²) in [4.78, 5) is 4.03. The van der Waals surface area contributed by atoms with Crippen LogP contribution in [0.15, 0.2) is 10.5 Å². The Balaban J connectivity index is 2.84. The highest BCUT2D eigenvalue weighted by atomic mass is 127. The van der Waals surface area contributed by atoms with Crippen molar-refractivity contribution < 1.29 is 8.81 Å². The largest absolute Gasteiger partial charge is 0.439 e. The minimum atomic E-state index is -0.429. The van der Waals surface area contributed by atoms with Crippen LogP contribution in [0.5, 0.6) is 0 Å². The fourth-order valence-electron chi connectivity index (χ4n) is 1.23. The van der Waals surface area contributed by atoms with Crippen LogP contribution in [0.3, 0.4) is 0 Å². The van der Waals surface area contributed by atoms with Gasteiger partial charge >= 0.3 is 0 Å². The van der Waals surface area contributed by atoms with E-state index in [1.54, 1.807) is 0 Å². The van der Waals surface area contributed by atoms with Gasteiger partial charge in [0.25, 0.3) is 0 Å². The van der Waals surface area contributed by atoms with E-state index in [1.807, 2.05) is 29.5 Å². The second-order valence-corrected chi connectivity index (χ2v) is 3.98. The van der Waals surface area contributed by atoms with Crippen molar-refractivity contribution in [2.75, 3.05) is 5.73 Å². The first kappa shape index (κ1) is 9.70. The van der Waals surface area contributed by atoms with Crippen LogP contribution < -0.4 is 5.73 Å². The molecule has 5 heteroatoms. The smallest absolute Gasteiger partial charge is 0.195 e. The van der Waals surface area contributed by atoms with Crippen molar-refractivity contribution >= 4 is 39.4 Å². The lowest BCUT2D eigenvalue weighted by atomic mass is 10.3. The molecule has 1 aromatic carbocycles. The number of nitrogen functional groups attached to an aromatic ring is 1. The first-order valence-electron chi connectivity index (χ1n) is 4.16. The Morgan fingerprint density at radius 2 is 2.36 bits per heavy atom. The maximum Gasteiger partial charge on any atom is 0.195 e. The molecule has 1 heterocycles. The molecule has 3 nitrogen and oxygen atoms in total. The SMILES string of the molecule is CCc1nc2c(F)cc(N)c(I)c2o1. The van der Waals surface area contributed by atoms with Crippen molar-refractivity contribution in [3.63, 3.8) is 0 Å². The average Bonchev–Trinajstić information content (AvgIpc) is 2.58. The van der Waals surface area contributed by atoms with Gasteiger partial charge in [0.15, 0.2) is 17.3 Å². The van der Waals surface area contributed by atoms with E-state index in [0.29, 0.717) is 27.2 Å². The minimum Gasteiger partial charge on any atom is -0.439 e. The van der Waals surface area contributed by atoms with Crippen LogP contribution in [0.2, 0.25) is 0 Å². The third-order valence-electron chi connectivity index (χ3n) is 1.94. The molecular weight excluding hydrogens is 298 g/mol. The van der Waals surface area contributed by atoms with Gasteiger partial charge in [-0.2, -0.15) is 0 Å². The molecule has 2 N–H and O–H groups in total. The molecular formula is C9H8FIN2O. The second kappa shape index (κ2) is 3.38. The number of halogens is 2. The molecule has 2 aromatic rings. The van der Waals surface area contributed by atoms with Crippen molar-refractivity contribution in [2.24, 2.45) is 0 Å². The van der Waals surface area contributed by atoms with Gasteiger partial charge < -0.3 is 10.2 Å². The van der Waals surface area contributed by atoms with E-state index in [0.717, 1.165) is 0 Å². The lowest BCUT2D eigenvalue weighted by Crippen LogP contribution is -1.91. The van der Waals surface area contributed by atoms with Gasteiger partial charge in [0.1, 0.15) is 5.52 Å². The first-order valence-corrected chi connectivity index (χ1v) is 5.24. The molecule has 1 aromatic heterocycles. The lowest BCUT2D eigenvalue weighted by Gasteiger charge is -1.97. The number of hydrogen-bond acceptors (Lipinski definition) is 3. The number of nitrogens with two attached hydrogens (primary N) is 1. The second-order valence-electron chi connectivity index (χ2n) is 2.90. The summed E-state index contributed by atoms with van der Waals surface area (Å²) in [5.41, 5.74) is 6.69. The Morgan fingerprint density at radius 1 is 1.64 bits per heavy atom. The van der Waals surface area contributed by atoms with Crippen LogP contribution in [0.1, 0.15) is 12.8 Å². The molecule has 2 rings (SSSR count). The number of oxazole rings is 1. The van der Waals surface area contributed by atoms with Crippen LogP contribution in [-0.2, 0) is 6.42 Å². The van der Waals surface area contributed by atoms with Crippen LogP contribution in [0, 0.1) is 9.39 Å². The highest BCUT2D eigenvalue weighted by Gasteiger charge is 2.14. The third kappa shape index (κ3) is 1.35. The number of fused-ring (bicyclic) bond motifs is 1. The molecule has 0 amide bonds. The zero-order valence-electron chi connectivity index (χ0n) is 7.47. The summed E-state index contributed by atoms with van der Waals surface area (Å²) in [5.74, 6) is 0.101. The number of benzene rings is 1. The third-order valence-corrected chi connectivity index (χ3v) is 3.05. The quantitative estimate of drug-likeness (QED) is 0.651. The van der Waals surface area contributed by atoms with Gasteiger partial charge in [-0.1, -0.05) is 6.92 Å². The Labute approximate surface area is 93.6 Å². The molecule has 0 bridgehead atoms. The standard InChI is InChI=1S/C9H8FIN2O/c1-2-6-13-8-4(10)3-5(12)7(11)9(8)14-6/h3H,2,12H2,1H3. The summed E-state index contributed by atoms with van der Waals surface area (Å²) in [6.07, 6.45) is 0.643. The van der Waals surface area contributed by atoms with Crippen molar-refractivity contribution in [3.05, 3.63) is 21.3 Å². The number of rotatable bonds is 1. The molecule has 0 saturated carbocycles. The predicted molar refractivity (Wildman–Crippen MR) is 60.5 cm³/mol. The summed E-state index contributed by atoms with van der Waals surface area (Å²) < 4.78 is 19.5. The molecule has 0 saturated heterocycles. The average molecular weight is 306 g/mol. The number of hydrogen-bond donors (Lipinski definition) is 1. The molecule has 0 radical (unpaired) electrons. The van der Waals surface area contributed by atoms with E-state index < -0.39 is 5.82 Å². The van der Waals surface area contributed by atoms with Gasteiger partial charge in [-0.3, -0.25) is 0 Å². The van der Waals surface area contributed by atoms with Crippen LogP contribution >= 0.6 is 22.6 Å². The zero-order chi connectivity index (χ0) is 10.3. The molecule has 14 heavy (non-hydrogen) atoms. The first-order chi connectivity index (χ1) is 6.63. The fourth-order valence-corrected chi connectivity index (χ4v) is 1.75. The van der Waals surface area contributed by atoms with Gasteiger partial charge in [0.05, 0.1) is 9.26 Å². The normalized spacial score (nSPS) is 11.1. The Bertz CT molecular complexity index is 495. The molecule has 0 atom stereocenters. The van der Waals surface area contributed by atoms with Gasteiger partial charge in [-0.25, -0.2) is 9.37 Å².